The molecule has 0 spiro atoms. The fourth-order valence-electron chi connectivity index (χ4n) is 2.30. The number of hydrogen-bond acceptors (Lipinski definition) is 2. The SMILES string of the molecule is O=c1[nH]ncc2ccccc12.c1ccc(-c2ccccc2)cc1. The van der Waals surface area contributed by atoms with Crippen LogP contribution in [0.15, 0.2) is 95.9 Å². The second kappa shape index (κ2) is 7.18. The third kappa shape index (κ3) is 3.71. The molecule has 0 saturated heterocycles. The predicted octanol–water partition coefficient (Wildman–Crippen LogP) is 4.28. The maximum atomic E-state index is 11.1. The lowest BCUT2D eigenvalue weighted by molar-refractivity contribution is 1.01. The number of benzene rings is 3. The summed E-state index contributed by atoms with van der Waals surface area (Å²) in [5, 5.41) is 7.60. The first-order chi connectivity index (χ1) is 11.3. The van der Waals surface area contributed by atoms with Crippen molar-refractivity contribution in [2.45, 2.75) is 0 Å². The molecule has 4 rings (SSSR count). The molecule has 0 saturated carbocycles. The molecule has 1 aromatic heterocycles. The molecule has 3 nitrogen and oxygen atoms in total. The minimum absolute atomic E-state index is 0.136. The van der Waals surface area contributed by atoms with Crippen LogP contribution in [0.1, 0.15) is 0 Å². The Morgan fingerprint density at radius 2 is 1.17 bits per heavy atom. The highest BCUT2D eigenvalue weighted by Gasteiger charge is 1.94. The quantitative estimate of drug-likeness (QED) is 0.570. The molecule has 112 valence electrons. The minimum Gasteiger partial charge on any atom is -0.267 e. The van der Waals surface area contributed by atoms with E-state index >= 15 is 0 Å². The van der Waals surface area contributed by atoms with Gasteiger partial charge in [0.25, 0.3) is 5.56 Å². The number of nitrogens with one attached hydrogen (secondary N) is 1. The summed E-state index contributed by atoms with van der Waals surface area (Å²) in [5.74, 6) is 0. The fourth-order valence-corrected chi connectivity index (χ4v) is 2.30. The van der Waals surface area contributed by atoms with Crippen LogP contribution in [0.2, 0.25) is 0 Å². The molecule has 0 unspecified atom stereocenters. The molecule has 3 heteroatoms. The number of hydrogen-bond donors (Lipinski definition) is 1. The van der Waals surface area contributed by atoms with Crippen LogP contribution in [-0.2, 0) is 0 Å². The van der Waals surface area contributed by atoms with Crippen molar-refractivity contribution in [3.8, 4) is 11.1 Å². The third-order valence-corrected chi connectivity index (χ3v) is 3.46. The van der Waals surface area contributed by atoms with Gasteiger partial charge in [0, 0.05) is 10.8 Å². The number of H-pyrrole nitrogens is 1. The van der Waals surface area contributed by atoms with Crippen molar-refractivity contribution in [1.29, 1.82) is 0 Å². The molecule has 1 N–H and O–H groups in total. The van der Waals surface area contributed by atoms with Crippen molar-refractivity contribution >= 4 is 10.8 Å². The van der Waals surface area contributed by atoms with Crippen LogP contribution in [0, 0.1) is 0 Å². The highest BCUT2D eigenvalue weighted by molar-refractivity contribution is 5.80. The zero-order valence-electron chi connectivity index (χ0n) is 12.5. The molecule has 23 heavy (non-hydrogen) atoms. The van der Waals surface area contributed by atoms with Crippen LogP contribution in [0.25, 0.3) is 21.9 Å². The topological polar surface area (TPSA) is 45.8 Å². The second-order valence-corrected chi connectivity index (χ2v) is 5.02. The van der Waals surface area contributed by atoms with Gasteiger partial charge in [-0.05, 0) is 17.2 Å². The molecule has 3 aromatic carbocycles. The number of aromatic amines is 1. The average Bonchev–Trinajstić information content (AvgIpc) is 2.64. The Kier molecular flexibility index (Phi) is 4.60. The molecule has 0 radical (unpaired) electrons. The van der Waals surface area contributed by atoms with Crippen LogP contribution in [0.5, 0.6) is 0 Å². The number of aromatic nitrogens is 2. The lowest BCUT2D eigenvalue weighted by Crippen LogP contribution is -2.06. The maximum absolute atomic E-state index is 11.1. The third-order valence-electron chi connectivity index (χ3n) is 3.46. The van der Waals surface area contributed by atoms with E-state index in [0.717, 1.165) is 5.39 Å². The van der Waals surface area contributed by atoms with Crippen molar-refractivity contribution in [3.05, 3.63) is 101 Å². The summed E-state index contributed by atoms with van der Waals surface area (Å²) in [7, 11) is 0. The lowest BCUT2D eigenvalue weighted by atomic mass is 10.1. The number of fused-ring (bicyclic) bond motifs is 1. The van der Waals surface area contributed by atoms with E-state index in [1.165, 1.54) is 11.1 Å². The summed E-state index contributed by atoms with van der Waals surface area (Å²) in [5.41, 5.74) is 2.42. The number of nitrogens with zero attached hydrogens (tertiary/aromatic N) is 1. The lowest BCUT2D eigenvalue weighted by Gasteiger charge is -1.98. The Hall–Kier alpha value is -3.20. The van der Waals surface area contributed by atoms with Gasteiger partial charge in [0.15, 0.2) is 0 Å². The fraction of sp³-hybridized carbons (Fsp3) is 0. The first-order valence-corrected chi connectivity index (χ1v) is 7.37. The van der Waals surface area contributed by atoms with Gasteiger partial charge >= 0.3 is 0 Å². The highest BCUT2D eigenvalue weighted by Crippen LogP contribution is 2.17. The molecule has 4 aromatic rings. The monoisotopic (exact) mass is 300 g/mol. The van der Waals surface area contributed by atoms with Crippen molar-refractivity contribution in [3.63, 3.8) is 0 Å². The largest absolute Gasteiger partial charge is 0.272 e. The Morgan fingerprint density at radius 3 is 1.74 bits per heavy atom. The van der Waals surface area contributed by atoms with Crippen molar-refractivity contribution in [2.24, 2.45) is 0 Å². The van der Waals surface area contributed by atoms with Gasteiger partial charge in [-0.15, -0.1) is 0 Å². The Bertz CT molecular complexity index is 889. The molecule has 1 heterocycles. The Labute approximate surface area is 134 Å². The van der Waals surface area contributed by atoms with Crippen molar-refractivity contribution in [1.82, 2.24) is 10.2 Å². The first-order valence-electron chi connectivity index (χ1n) is 7.37. The smallest absolute Gasteiger partial charge is 0.267 e. The van der Waals surface area contributed by atoms with Gasteiger partial charge in [-0.2, -0.15) is 5.10 Å². The molecule has 0 aliphatic rings. The van der Waals surface area contributed by atoms with Crippen molar-refractivity contribution < 1.29 is 0 Å². The molecule has 0 amide bonds. The van der Waals surface area contributed by atoms with Crippen LogP contribution in [-0.4, -0.2) is 10.2 Å². The predicted molar refractivity (Wildman–Crippen MR) is 94.2 cm³/mol. The summed E-state index contributed by atoms with van der Waals surface area (Å²) >= 11 is 0. The van der Waals surface area contributed by atoms with Crippen LogP contribution < -0.4 is 5.56 Å². The van der Waals surface area contributed by atoms with Crippen LogP contribution >= 0.6 is 0 Å². The van der Waals surface area contributed by atoms with Crippen LogP contribution in [0.4, 0.5) is 0 Å². The van der Waals surface area contributed by atoms with E-state index in [4.69, 9.17) is 0 Å². The molecule has 0 aliphatic heterocycles. The number of rotatable bonds is 1. The maximum Gasteiger partial charge on any atom is 0.272 e. The zero-order chi connectivity index (χ0) is 15.9. The van der Waals surface area contributed by atoms with Gasteiger partial charge in [0.1, 0.15) is 0 Å². The average molecular weight is 300 g/mol. The molecular weight excluding hydrogens is 284 g/mol. The van der Waals surface area contributed by atoms with Crippen molar-refractivity contribution in [2.75, 3.05) is 0 Å². The molecule has 0 fully saturated rings. The van der Waals surface area contributed by atoms with Gasteiger partial charge in [0.2, 0.25) is 0 Å². The summed E-state index contributed by atoms with van der Waals surface area (Å²) < 4.78 is 0. The highest BCUT2D eigenvalue weighted by atomic mass is 16.1. The van der Waals surface area contributed by atoms with Gasteiger partial charge in [-0.25, -0.2) is 5.10 Å². The normalized spacial score (nSPS) is 9.91. The Morgan fingerprint density at radius 1 is 0.652 bits per heavy atom. The van der Waals surface area contributed by atoms with Gasteiger partial charge in [-0.1, -0.05) is 78.9 Å². The first kappa shape index (κ1) is 14.7. The van der Waals surface area contributed by atoms with E-state index in [0.29, 0.717) is 5.39 Å². The van der Waals surface area contributed by atoms with E-state index in [-0.39, 0.29) is 5.56 Å². The summed E-state index contributed by atoms with van der Waals surface area (Å²) in [6, 6.07) is 28.1. The molecule has 0 atom stereocenters. The Balaban J connectivity index is 0.000000136. The summed E-state index contributed by atoms with van der Waals surface area (Å²) in [4.78, 5) is 11.1. The molecule has 0 bridgehead atoms. The standard InChI is InChI=1S/C12H10.C8H6N2O/c1-3-7-11(8-4-1)12-9-5-2-6-10-12;11-8-7-4-2-1-3-6(7)5-9-10-8/h1-10H;1-5H,(H,10,11). The van der Waals surface area contributed by atoms with E-state index in [2.05, 4.69) is 58.7 Å². The molecule has 0 aliphatic carbocycles. The van der Waals surface area contributed by atoms with Crippen LogP contribution in [0.3, 0.4) is 0 Å². The van der Waals surface area contributed by atoms with Gasteiger partial charge in [0.05, 0.1) is 6.20 Å². The van der Waals surface area contributed by atoms with E-state index in [1.54, 1.807) is 12.3 Å². The van der Waals surface area contributed by atoms with E-state index < -0.39 is 0 Å². The van der Waals surface area contributed by atoms with E-state index in [9.17, 15) is 4.79 Å². The van der Waals surface area contributed by atoms with E-state index in [1.807, 2.05) is 30.3 Å². The minimum atomic E-state index is -0.136. The zero-order valence-corrected chi connectivity index (χ0v) is 12.5. The molecular formula is C20H16N2O. The van der Waals surface area contributed by atoms with Gasteiger partial charge < -0.3 is 0 Å². The summed E-state index contributed by atoms with van der Waals surface area (Å²) in [6.07, 6.45) is 1.64. The van der Waals surface area contributed by atoms with Gasteiger partial charge in [-0.3, -0.25) is 4.79 Å². The second-order valence-electron chi connectivity index (χ2n) is 5.02. The summed E-state index contributed by atoms with van der Waals surface area (Å²) in [6.45, 7) is 0.